The van der Waals surface area contributed by atoms with E-state index in [4.69, 9.17) is 18.6 Å². The summed E-state index contributed by atoms with van der Waals surface area (Å²) in [4.78, 5) is 61.3. The van der Waals surface area contributed by atoms with Crippen LogP contribution in [0.25, 0.3) is 22.2 Å². The van der Waals surface area contributed by atoms with Gasteiger partial charge in [0.05, 0.1) is 35.2 Å². The number of carbonyl (C=O) groups excluding carboxylic acids is 3. The highest BCUT2D eigenvalue weighted by atomic mass is 32.1. The fourth-order valence-corrected chi connectivity index (χ4v) is 12.0. The van der Waals surface area contributed by atoms with E-state index in [1.807, 2.05) is 47.1 Å². The lowest BCUT2D eigenvalue weighted by molar-refractivity contribution is -0.132. The maximum absolute atomic E-state index is 13.7. The number of piperidine rings is 1. The Labute approximate surface area is 334 Å². The molecular weight excluding hydrogens is 721 g/mol. The van der Waals surface area contributed by atoms with E-state index in [1.54, 1.807) is 12.7 Å². The molecule has 56 heavy (non-hydrogen) atoms. The van der Waals surface area contributed by atoms with Crippen molar-refractivity contribution in [3.63, 3.8) is 0 Å². The van der Waals surface area contributed by atoms with Gasteiger partial charge in [0.25, 0.3) is 0 Å². The smallest absolute Gasteiger partial charge is 0.234 e. The molecule has 9 rings (SSSR count). The Bertz CT molecular complexity index is 2300. The highest BCUT2D eigenvalue weighted by Crippen LogP contribution is 2.66. The van der Waals surface area contributed by atoms with Crippen LogP contribution in [-0.4, -0.2) is 78.0 Å². The number of carbonyl (C=O) groups is 3. The Morgan fingerprint density at radius 2 is 1.86 bits per heavy atom. The number of anilines is 1. The SMILES string of the molecule is C#CCC(=O)N1CCC(C)C(N(C)c2ncnc3[nH]ccc23)C1.CC12CCC(=O)C=C1CCC1C2CCC2(C)C(C(=O)Cn3cnc4c(=S)cc[nH]c43)CCC12. The van der Waals surface area contributed by atoms with Crippen molar-refractivity contribution in [3.8, 4) is 12.3 Å². The maximum atomic E-state index is 13.7. The number of imidazole rings is 1. The highest BCUT2D eigenvalue weighted by Gasteiger charge is 2.60. The zero-order valence-corrected chi connectivity index (χ0v) is 33.9. The lowest BCUT2D eigenvalue weighted by Crippen LogP contribution is -2.52. The molecule has 5 heterocycles. The molecule has 4 aromatic heterocycles. The second-order valence-electron chi connectivity index (χ2n) is 17.6. The molecule has 0 radical (unpaired) electrons. The van der Waals surface area contributed by atoms with Gasteiger partial charge in [-0.2, -0.15) is 0 Å². The number of allylic oxidation sites excluding steroid dienone is 1. The van der Waals surface area contributed by atoms with Crippen LogP contribution >= 0.6 is 12.2 Å². The zero-order valence-electron chi connectivity index (χ0n) is 33.1. The van der Waals surface area contributed by atoms with Crippen molar-refractivity contribution in [2.45, 2.75) is 97.6 Å². The summed E-state index contributed by atoms with van der Waals surface area (Å²) in [5, 5.41) is 0.995. The molecule has 4 aromatic rings. The molecule has 11 nitrogen and oxygen atoms in total. The zero-order chi connectivity index (χ0) is 39.4. The first-order chi connectivity index (χ1) is 26.9. The van der Waals surface area contributed by atoms with Gasteiger partial charge in [-0.05, 0) is 104 Å². The van der Waals surface area contributed by atoms with E-state index in [9.17, 15) is 14.4 Å². The van der Waals surface area contributed by atoms with Crippen molar-refractivity contribution in [1.82, 2.24) is 34.4 Å². The summed E-state index contributed by atoms with van der Waals surface area (Å²) < 4.78 is 2.65. The lowest BCUT2D eigenvalue weighted by Gasteiger charge is -2.58. The molecule has 0 aromatic carbocycles. The number of likely N-dealkylation sites (N-methyl/N-ethyl adjacent to an activating group) is 1. The monoisotopic (exact) mass is 774 g/mol. The molecule has 1 saturated heterocycles. The molecule has 8 atom stereocenters. The standard InChI is InChI=1S/C27H33N3O2S.C17H21N5O/c1-26-10-7-17(31)13-16(26)3-4-18-19-5-6-21(27(19,2)11-8-20(18)26)22(32)14-30-15-29-24-23(33)9-12-28-25(24)30;1-4-5-15(23)22-9-7-12(2)14(10-22)21(3)17-13-6-8-18-16(13)19-11-20-17/h9,12-13,15,18-21H,3-8,10-11,14H2,1-2H3,(H,28,33);1,6,8,11-12,14H,5,7,9-10H2,2-3H3,(H,18,19,20). The second-order valence-corrected chi connectivity index (χ2v) is 18.1. The number of rotatable bonds is 6. The van der Waals surface area contributed by atoms with Gasteiger partial charge in [-0.15, -0.1) is 6.42 Å². The molecular formula is C44H54N8O3S. The molecule has 0 bridgehead atoms. The fraction of sp³-hybridized carbons (Fsp3) is 0.568. The second kappa shape index (κ2) is 15.0. The molecule has 4 fully saturated rings. The number of ketones is 2. The average Bonchev–Trinajstić information content (AvgIpc) is 3.93. The number of likely N-dealkylation sites (tertiary alicyclic amines) is 1. The van der Waals surface area contributed by atoms with Gasteiger partial charge >= 0.3 is 0 Å². The minimum Gasteiger partial charge on any atom is -0.354 e. The summed E-state index contributed by atoms with van der Waals surface area (Å²) in [6.07, 6.45) is 23.8. The molecule has 4 aliphatic carbocycles. The van der Waals surface area contributed by atoms with Crippen LogP contribution in [0.3, 0.4) is 0 Å². The quantitative estimate of drug-likeness (QED) is 0.152. The van der Waals surface area contributed by atoms with Crippen LogP contribution in [-0.2, 0) is 20.9 Å². The van der Waals surface area contributed by atoms with E-state index in [0.717, 1.165) is 73.1 Å². The molecule has 3 saturated carbocycles. The summed E-state index contributed by atoms with van der Waals surface area (Å²) in [7, 11) is 2.03. The van der Waals surface area contributed by atoms with Crippen molar-refractivity contribution >= 4 is 57.7 Å². The van der Waals surface area contributed by atoms with Crippen LogP contribution in [0, 0.1) is 57.3 Å². The number of hydrogen-bond donors (Lipinski definition) is 2. The first-order valence-electron chi connectivity index (χ1n) is 20.4. The molecule has 0 spiro atoms. The minimum absolute atomic E-state index is 0.0345. The van der Waals surface area contributed by atoms with Gasteiger partial charge in [0.15, 0.2) is 11.6 Å². The van der Waals surface area contributed by atoms with Crippen molar-refractivity contribution < 1.29 is 14.4 Å². The normalized spacial score (nSPS) is 31.0. The Kier molecular flexibility index (Phi) is 10.3. The number of nitrogens with zero attached hydrogens (tertiary/aromatic N) is 6. The number of aromatic nitrogens is 6. The van der Waals surface area contributed by atoms with E-state index in [2.05, 4.69) is 56.5 Å². The van der Waals surface area contributed by atoms with E-state index in [-0.39, 0.29) is 35.1 Å². The Hall–Kier alpha value is -4.63. The van der Waals surface area contributed by atoms with Gasteiger partial charge in [-0.25, -0.2) is 15.0 Å². The van der Waals surface area contributed by atoms with Gasteiger partial charge in [0, 0.05) is 44.9 Å². The summed E-state index contributed by atoms with van der Waals surface area (Å²) in [5.41, 5.74) is 4.12. The van der Waals surface area contributed by atoms with Crippen LogP contribution in [0.2, 0.25) is 0 Å². The van der Waals surface area contributed by atoms with Crippen molar-refractivity contribution in [2.75, 3.05) is 25.0 Å². The summed E-state index contributed by atoms with van der Waals surface area (Å²) in [6.45, 7) is 8.86. The highest BCUT2D eigenvalue weighted by molar-refractivity contribution is 7.71. The fourth-order valence-electron chi connectivity index (χ4n) is 11.8. The van der Waals surface area contributed by atoms with Crippen molar-refractivity contribution in [3.05, 3.63) is 53.3 Å². The Morgan fingerprint density at radius 3 is 2.68 bits per heavy atom. The first-order valence-corrected chi connectivity index (χ1v) is 20.8. The summed E-state index contributed by atoms with van der Waals surface area (Å²) in [6, 6.07) is 4.03. The molecule has 5 aliphatic rings. The number of fused-ring (bicyclic) bond motifs is 7. The Morgan fingerprint density at radius 1 is 1.04 bits per heavy atom. The number of Topliss-reactive ketones (excluding diaryl/α,β-unsaturated/α-hetero) is 1. The predicted molar refractivity (Wildman–Crippen MR) is 220 cm³/mol. The number of pyridine rings is 1. The van der Waals surface area contributed by atoms with E-state index in [0.29, 0.717) is 59.3 Å². The third-order valence-electron chi connectivity index (χ3n) is 14.9. The number of nitrogens with one attached hydrogen (secondary N) is 2. The van der Waals surface area contributed by atoms with Gasteiger partial charge in [-0.3, -0.25) is 14.4 Å². The first kappa shape index (κ1) is 38.3. The minimum atomic E-state index is 0.0345. The van der Waals surface area contributed by atoms with Crippen LogP contribution in [0.1, 0.15) is 85.0 Å². The largest absolute Gasteiger partial charge is 0.354 e. The molecule has 1 amide bonds. The molecule has 2 N–H and O–H groups in total. The predicted octanol–water partition coefficient (Wildman–Crippen LogP) is 7.47. The van der Waals surface area contributed by atoms with Crippen LogP contribution in [0.5, 0.6) is 0 Å². The molecule has 8 unspecified atom stereocenters. The molecule has 12 heteroatoms. The Balaban J connectivity index is 0.000000169. The van der Waals surface area contributed by atoms with Crippen LogP contribution in [0.4, 0.5) is 5.82 Å². The van der Waals surface area contributed by atoms with E-state index in [1.165, 1.54) is 18.4 Å². The van der Waals surface area contributed by atoms with Gasteiger partial charge in [0.2, 0.25) is 5.91 Å². The summed E-state index contributed by atoms with van der Waals surface area (Å²) in [5.74, 6) is 6.57. The van der Waals surface area contributed by atoms with Crippen molar-refractivity contribution in [2.24, 2.45) is 40.4 Å². The van der Waals surface area contributed by atoms with Gasteiger partial charge < -0.3 is 24.3 Å². The number of aromatic amines is 2. The number of H-pyrrole nitrogens is 2. The molecule has 294 valence electrons. The maximum Gasteiger partial charge on any atom is 0.234 e. The van der Waals surface area contributed by atoms with Crippen molar-refractivity contribution in [1.29, 1.82) is 0 Å². The van der Waals surface area contributed by atoms with Crippen LogP contribution in [0.15, 0.2) is 48.8 Å². The van der Waals surface area contributed by atoms with Gasteiger partial charge in [-0.1, -0.05) is 44.5 Å². The average molecular weight is 775 g/mol. The number of terminal acetylenes is 1. The summed E-state index contributed by atoms with van der Waals surface area (Å²) >= 11 is 5.39. The van der Waals surface area contributed by atoms with E-state index >= 15 is 0 Å². The number of amides is 1. The third kappa shape index (κ3) is 6.59. The number of hydrogen-bond acceptors (Lipinski definition) is 8. The third-order valence-corrected chi connectivity index (χ3v) is 15.2. The molecule has 1 aliphatic heterocycles. The topological polar surface area (TPSA) is 133 Å². The van der Waals surface area contributed by atoms with E-state index < -0.39 is 0 Å². The van der Waals surface area contributed by atoms with Crippen LogP contribution < -0.4 is 4.90 Å². The lowest BCUT2D eigenvalue weighted by atomic mass is 9.46. The van der Waals surface area contributed by atoms with Gasteiger partial charge in [0.1, 0.15) is 29.0 Å².